The number of amides is 1. The van der Waals surface area contributed by atoms with Crippen molar-refractivity contribution in [1.82, 2.24) is 4.90 Å². The van der Waals surface area contributed by atoms with Crippen LogP contribution in [0.3, 0.4) is 0 Å². The average Bonchev–Trinajstić information content (AvgIpc) is 2.40. The molecule has 98 valence electrons. The molecule has 1 amide bonds. The molecule has 6 heteroatoms. The molecule has 0 radical (unpaired) electrons. The number of benzene rings is 1. The van der Waals surface area contributed by atoms with E-state index in [1.165, 1.54) is 12.1 Å². The Hall–Kier alpha value is -0.460. The van der Waals surface area contributed by atoms with E-state index in [2.05, 4.69) is 31.9 Å². The lowest BCUT2D eigenvalue weighted by atomic mass is 10.1. The molecule has 0 saturated carbocycles. The van der Waals surface area contributed by atoms with Crippen molar-refractivity contribution >= 4 is 37.8 Å². The van der Waals surface area contributed by atoms with Gasteiger partial charge in [-0.05, 0) is 18.2 Å². The van der Waals surface area contributed by atoms with Crippen LogP contribution in [0.2, 0.25) is 0 Å². The fourth-order valence-electron chi connectivity index (χ4n) is 1.87. The number of carbonyl (C=O) groups excluding carboxylic acids is 1. The SMILES string of the molecule is O=C(c1cc(Br)ccc1F)N1CCOCC1CBr. The Morgan fingerprint density at radius 3 is 3.06 bits per heavy atom. The zero-order valence-electron chi connectivity index (χ0n) is 9.54. The predicted molar refractivity (Wildman–Crippen MR) is 73.5 cm³/mol. The van der Waals surface area contributed by atoms with Crippen LogP contribution in [-0.2, 0) is 4.74 Å². The summed E-state index contributed by atoms with van der Waals surface area (Å²) in [5.74, 6) is -0.787. The number of alkyl halides is 1. The molecule has 1 unspecified atom stereocenters. The Labute approximate surface area is 122 Å². The summed E-state index contributed by atoms with van der Waals surface area (Å²) in [5, 5.41) is 0.619. The van der Waals surface area contributed by atoms with Gasteiger partial charge in [-0.3, -0.25) is 4.79 Å². The summed E-state index contributed by atoms with van der Waals surface area (Å²) < 4.78 is 19.7. The Kier molecular flexibility index (Phi) is 4.75. The van der Waals surface area contributed by atoms with Crippen LogP contribution in [0.5, 0.6) is 0 Å². The summed E-state index contributed by atoms with van der Waals surface area (Å²) in [6, 6.07) is 4.33. The minimum Gasteiger partial charge on any atom is -0.377 e. The molecule has 1 aliphatic heterocycles. The van der Waals surface area contributed by atoms with Gasteiger partial charge in [-0.2, -0.15) is 0 Å². The molecule has 0 aliphatic carbocycles. The highest BCUT2D eigenvalue weighted by atomic mass is 79.9. The van der Waals surface area contributed by atoms with E-state index in [0.29, 0.717) is 29.6 Å². The van der Waals surface area contributed by atoms with E-state index in [1.807, 2.05) is 0 Å². The van der Waals surface area contributed by atoms with E-state index in [1.54, 1.807) is 11.0 Å². The minimum absolute atomic E-state index is 0.0513. The first-order chi connectivity index (χ1) is 8.63. The van der Waals surface area contributed by atoms with Gasteiger partial charge in [0.2, 0.25) is 0 Å². The van der Waals surface area contributed by atoms with Gasteiger partial charge in [-0.15, -0.1) is 0 Å². The molecular formula is C12H12Br2FNO2. The molecule has 1 aliphatic rings. The Morgan fingerprint density at radius 1 is 1.56 bits per heavy atom. The normalized spacial score (nSPS) is 19.9. The number of carbonyl (C=O) groups is 1. The molecule has 0 spiro atoms. The lowest BCUT2D eigenvalue weighted by Gasteiger charge is -2.34. The molecule has 1 aromatic carbocycles. The standard InChI is InChI=1S/C12H12Br2FNO2/c13-6-9-7-18-4-3-16(9)12(17)10-5-8(14)1-2-11(10)15/h1-2,5,9H,3-4,6-7H2. The van der Waals surface area contributed by atoms with Crippen LogP contribution in [0.1, 0.15) is 10.4 Å². The maximum Gasteiger partial charge on any atom is 0.257 e. The fourth-order valence-corrected chi connectivity index (χ4v) is 2.76. The van der Waals surface area contributed by atoms with Crippen molar-refractivity contribution in [2.75, 3.05) is 25.1 Å². The highest BCUT2D eigenvalue weighted by Gasteiger charge is 2.28. The van der Waals surface area contributed by atoms with Crippen LogP contribution in [0.15, 0.2) is 22.7 Å². The van der Waals surface area contributed by atoms with Gasteiger partial charge in [0.05, 0.1) is 24.8 Å². The first-order valence-electron chi connectivity index (χ1n) is 5.53. The van der Waals surface area contributed by atoms with E-state index >= 15 is 0 Å². The molecule has 1 heterocycles. The number of hydrogen-bond donors (Lipinski definition) is 0. The third-order valence-corrected chi connectivity index (χ3v) is 4.07. The highest BCUT2D eigenvalue weighted by molar-refractivity contribution is 9.10. The van der Waals surface area contributed by atoms with E-state index in [-0.39, 0.29) is 17.5 Å². The van der Waals surface area contributed by atoms with Crippen molar-refractivity contribution in [3.8, 4) is 0 Å². The smallest absolute Gasteiger partial charge is 0.257 e. The Bertz CT molecular complexity index is 456. The van der Waals surface area contributed by atoms with Gasteiger partial charge < -0.3 is 9.64 Å². The zero-order valence-corrected chi connectivity index (χ0v) is 12.7. The van der Waals surface area contributed by atoms with E-state index in [9.17, 15) is 9.18 Å². The van der Waals surface area contributed by atoms with E-state index in [0.717, 1.165) is 0 Å². The summed E-state index contributed by atoms with van der Waals surface area (Å²) in [6.07, 6.45) is 0. The molecule has 0 aromatic heterocycles. The van der Waals surface area contributed by atoms with Gasteiger partial charge in [0.25, 0.3) is 5.91 Å². The molecule has 0 bridgehead atoms. The number of ether oxygens (including phenoxy) is 1. The molecule has 0 N–H and O–H groups in total. The van der Waals surface area contributed by atoms with Crippen molar-refractivity contribution in [2.24, 2.45) is 0 Å². The van der Waals surface area contributed by atoms with Crippen LogP contribution in [-0.4, -0.2) is 41.9 Å². The molecule has 18 heavy (non-hydrogen) atoms. The number of nitrogens with zero attached hydrogens (tertiary/aromatic N) is 1. The first kappa shape index (κ1) is 14.0. The van der Waals surface area contributed by atoms with Crippen molar-refractivity contribution in [1.29, 1.82) is 0 Å². The molecule has 1 fully saturated rings. The van der Waals surface area contributed by atoms with Crippen molar-refractivity contribution in [3.05, 3.63) is 34.1 Å². The largest absolute Gasteiger partial charge is 0.377 e. The second kappa shape index (κ2) is 6.12. The lowest BCUT2D eigenvalue weighted by Crippen LogP contribution is -2.49. The number of hydrogen-bond acceptors (Lipinski definition) is 2. The fraction of sp³-hybridized carbons (Fsp3) is 0.417. The molecule has 1 aromatic rings. The molecule has 1 atom stereocenters. The second-order valence-corrected chi connectivity index (χ2v) is 5.57. The summed E-state index contributed by atoms with van der Waals surface area (Å²) >= 11 is 6.60. The number of rotatable bonds is 2. The van der Waals surface area contributed by atoms with Crippen LogP contribution in [0.4, 0.5) is 4.39 Å². The van der Waals surface area contributed by atoms with Crippen molar-refractivity contribution in [3.63, 3.8) is 0 Å². The van der Waals surface area contributed by atoms with Gasteiger partial charge in [0, 0.05) is 16.3 Å². The van der Waals surface area contributed by atoms with Crippen LogP contribution in [0, 0.1) is 5.82 Å². The molecule has 3 nitrogen and oxygen atoms in total. The Balaban J connectivity index is 2.26. The predicted octanol–water partition coefficient (Wildman–Crippen LogP) is 2.82. The van der Waals surface area contributed by atoms with Gasteiger partial charge >= 0.3 is 0 Å². The molecule has 2 rings (SSSR count). The van der Waals surface area contributed by atoms with Crippen molar-refractivity contribution < 1.29 is 13.9 Å². The maximum absolute atomic E-state index is 13.7. The van der Waals surface area contributed by atoms with Gasteiger partial charge in [0.15, 0.2) is 0 Å². The first-order valence-corrected chi connectivity index (χ1v) is 7.44. The monoisotopic (exact) mass is 379 g/mol. The van der Waals surface area contributed by atoms with E-state index < -0.39 is 5.82 Å². The highest BCUT2D eigenvalue weighted by Crippen LogP contribution is 2.20. The summed E-state index contributed by atoms with van der Waals surface area (Å²) in [4.78, 5) is 14.0. The van der Waals surface area contributed by atoms with Gasteiger partial charge in [-0.25, -0.2) is 4.39 Å². The van der Waals surface area contributed by atoms with Gasteiger partial charge in [-0.1, -0.05) is 31.9 Å². The molecule has 1 saturated heterocycles. The average molecular weight is 381 g/mol. The maximum atomic E-state index is 13.7. The zero-order chi connectivity index (χ0) is 13.1. The summed E-state index contributed by atoms with van der Waals surface area (Å²) in [5.41, 5.74) is 0.0947. The quantitative estimate of drug-likeness (QED) is 0.738. The third kappa shape index (κ3) is 2.92. The minimum atomic E-state index is -0.497. The Morgan fingerprint density at radius 2 is 2.33 bits per heavy atom. The van der Waals surface area contributed by atoms with Gasteiger partial charge in [0.1, 0.15) is 5.82 Å². The molecular weight excluding hydrogens is 369 g/mol. The van der Waals surface area contributed by atoms with Crippen LogP contribution in [0.25, 0.3) is 0 Å². The number of morpholine rings is 1. The third-order valence-electron chi connectivity index (χ3n) is 2.83. The lowest BCUT2D eigenvalue weighted by molar-refractivity contribution is 0.00499. The topological polar surface area (TPSA) is 29.5 Å². The second-order valence-electron chi connectivity index (χ2n) is 4.01. The van der Waals surface area contributed by atoms with E-state index in [4.69, 9.17) is 4.74 Å². The number of halogens is 3. The van der Waals surface area contributed by atoms with Crippen molar-refractivity contribution in [2.45, 2.75) is 6.04 Å². The van der Waals surface area contributed by atoms with Crippen LogP contribution < -0.4 is 0 Å². The summed E-state index contributed by atoms with van der Waals surface area (Å²) in [7, 11) is 0. The van der Waals surface area contributed by atoms with Crippen LogP contribution >= 0.6 is 31.9 Å². The summed E-state index contributed by atoms with van der Waals surface area (Å²) in [6.45, 7) is 1.46.